The van der Waals surface area contributed by atoms with Crippen molar-refractivity contribution in [3.05, 3.63) is 54.1 Å². The Balaban J connectivity index is 1.78. The Morgan fingerprint density at radius 1 is 1.09 bits per heavy atom. The van der Waals surface area contributed by atoms with Crippen LogP contribution < -0.4 is 4.74 Å². The van der Waals surface area contributed by atoms with Gasteiger partial charge in [0.15, 0.2) is 0 Å². The standard InChI is InChI=1S/C19H19NO3/c21-19(22)20-11-14-9-10-23-18-15(13-5-2-1-3-6-13)7-4-8-16(18)17(14)12-20/h1-8,14,17H,9-12H2,(H,21,22)/t14?,17-/m0/s1. The molecule has 0 radical (unpaired) electrons. The molecule has 0 spiro atoms. The summed E-state index contributed by atoms with van der Waals surface area (Å²) in [5.74, 6) is 1.50. The van der Waals surface area contributed by atoms with Crippen LogP contribution in [0.1, 0.15) is 17.9 Å². The zero-order chi connectivity index (χ0) is 15.8. The summed E-state index contributed by atoms with van der Waals surface area (Å²) in [7, 11) is 0. The molecule has 2 aliphatic heterocycles. The van der Waals surface area contributed by atoms with Gasteiger partial charge in [-0.25, -0.2) is 4.79 Å². The average molecular weight is 309 g/mol. The van der Waals surface area contributed by atoms with Crippen LogP contribution in [-0.2, 0) is 0 Å². The van der Waals surface area contributed by atoms with E-state index in [0.29, 0.717) is 25.6 Å². The molecule has 2 atom stereocenters. The Kier molecular flexibility index (Phi) is 3.45. The van der Waals surface area contributed by atoms with E-state index < -0.39 is 6.09 Å². The van der Waals surface area contributed by atoms with E-state index >= 15 is 0 Å². The highest BCUT2D eigenvalue weighted by molar-refractivity contribution is 5.73. The minimum absolute atomic E-state index is 0.229. The van der Waals surface area contributed by atoms with Gasteiger partial charge >= 0.3 is 6.09 Å². The smallest absolute Gasteiger partial charge is 0.407 e. The molecular weight excluding hydrogens is 290 g/mol. The van der Waals surface area contributed by atoms with Gasteiger partial charge in [0.2, 0.25) is 0 Å². The monoisotopic (exact) mass is 309 g/mol. The van der Waals surface area contributed by atoms with Crippen molar-refractivity contribution in [3.63, 3.8) is 0 Å². The highest BCUT2D eigenvalue weighted by Crippen LogP contribution is 2.45. The Morgan fingerprint density at radius 3 is 2.70 bits per heavy atom. The molecule has 4 heteroatoms. The van der Waals surface area contributed by atoms with E-state index in [1.165, 1.54) is 0 Å². The van der Waals surface area contributed by atoms with Crippen molar-refractivity contribution >= 4 is 6.09 Å². The molecule has 1 N–H and O–H groups in total. The molecular formula is C19H19NO3. The number of benzene rings is 2. The van der Waals surface area contributed by atoms with Gasteiger partial charge in [-0.1, -0.05) is 48.5 Å². The topological polar surface area (TPSA) is 49.8 Å². The lowest BCUT2D eigenvalue weighted by atomic mass is 9.86. The SMILES string of the molecule is O=C(O)N1CC2CCOc3c(-c4ccccc4)cccc3[C@H]2C1. The molecule has 0 aliphatic carbocycles. The highest BCUT2D eigenvalue weighted by Gasteiger charge is 2.39. The maximum absolute atomic E-state index is 11.3. The third-order valence-corrected chi connectivity index (χ3v) is 4.98. The van der Waals surface area contributed by atoms with Gasteiger partial charge in [-0.15, -0.1) is 0 Å². The molecule has 2 heterocycles. The first-order valence-corrected chi connectivity index (χ1v) is 8.03. The molecule has 0 saturated carbocycles. The number of likely N-dealkylation sites (tertiary alicyclic amines) is 1. The lowest BCUT2D eigenvalue weighted by Crippen LogP contribution is -2.27. The van der Waals surface area contributed by atoms with Crippen LogP contribution in [0.3, 0.4) is 0 Å². The zero-order valence-corrected chi connectivity index (χ0v) is 12.8. The van der Waals surface area contributed by atoms with E-state index in [1.807, 2.05) is 18.2 Å². The van der Waals surface area contributed by atoms with Gasteiger partial charge in [0.1, 0.15) is 5.75 Å². The van der Waals surface area contributed by atoms with Crippen LogP contribution >= 0.6 is 0 Å². The molecule has 1 saturated heterocycles. The van der Waals surface area contributed by atoms with E-state index in [-0.39, 0.29) is 5.92 Å². The van der Waals surface area contributed by atoms with Crippen molar-refractivity contribution in [2.75, 3.05) is 19.7 Å². The second-order valence-electron chi connectivity index (χ2n) is 6.28. The number of nitrogens with zero attached hydrogens (tertiary/aromatic N) is 1. The zero-order valence-electron chi connectivity index (χ0n) is 12.8. The molecule has 1 unspecified atom stereocenters. The second kappa shape index (κ2) is 5.61. The summed E-state index contributed by atoms with van der Waals surface area (Å²) in [5, 5.41) is 9.31. The van der Waals surface area contributed by atoms with Crippen LogP contribution in [-0.4, -0.2) is 35.8 Å². The fourth-order valence-corrected chi connectivity index (χ4v) is 3.84. The molecule has 118 valence electrons. The van der Waals surface area contributed by atoms with Gasteiger partial charge in [-0.05, 0) is 23.5 Å². The molecule has 2 aromatic carbocycles. The maximum atomic E-state index is 11.3. The van der Waals surface area contributed by atoms with Crippen molar-refractivity contribution in [2.24, 2.45) is 5.92 Å². The van der Waals surface area contributed by atoms with Gasteiger partial charge in [0.25, 0.3) is 0 Å². The van der Waals surface area contributed by atoms with Crippen molar-refractivity contribution in [1.29, 1.82) is 0 Å². The normalized spacial score (nSPS) is 22.7. The molecule has 0 aromatic heterocycles. The minimum Gasteiger partial charge on any atom is -0.493 e. The molecule has 0 bridgehead atoms. The number of hydrogen-bond donors (Lipinski definition) is 1. The average Bonchev–Trinajstić information content (AvgIpc) is 2.92. The molecule has 2 aromatic rings. The summed E-state index contributed by atoms with van der Waals surface area (Å²) in [6.07, 6.45) is 0.0805. The van der Waals surface area contributed by atoms with Gasteiger partial charge in [0.05, 0.1) is 6.61 Å². The van der Waals surface area contributed by atoms with Gasteiger partial charge in [-0.3, -0.25) is 0 Å². The van der Waals surface area contributed by atoms with Crippen molar-refractivity contribution in [3.8, 4) is 16.9 Å². The lowest BCUT2D eigenvalue weighted by Gasteiger charge is -2.18. The van der Waals surface area contributed by atoms with E-state index in [1.54, 1.807) is 4.90 Å². The van der Waals surface area contributed by atoms with Crippen LogP contribution in [0.2, 0.25) is 0 Å². The molecule has 4 nitrogen and oxygen atoms in total. The Hall–Kier alpha value is -2.49. The lowest BCUT2D eigenvalue weighted by molar-refractivity contribution is 0.152. The van der Waals surface area contributed by atoms with E-state index in [9.17, 15) is 9.90 Å². The van der Waals surface area contributed by atoms with E-state index in [0.717, 1.165) is 28.9 Å². The molecule has 1 amide bonds. The number of hydrogen-bond acceptors (Lipinski definition) is 2. The summed E-state index contributed by atoms with van der Waals surface area (Å²) >= 11 is 0. The number of rotatable bonds is 1. The summed E-state index contributed by atoms with van der Waals surface area (Å²) in [6, 6.07) is 16.4. The second-order valence-corrected chi connectivity index (χ2v) is 6.28. The molecule has 4 rings (SSSR count). The van der Waals surface area contributed by atoms with Crippen LogP contribution in [0.25, 0.3) is 11.1 Å². The summed E-state index contributed by atoms with van der Waals surface area (Å²) in [6.45, 7) is 1.82. The maximum Gasteiger partial charge on any atom is 0.407 e. The first kappa shape index (κ1) is 14.1. The van der Waals surface area contributed by atoms with Gasteiger partial charge in [0, 0.05) is 24.6 Å². The third-order valence-electron chi connectivity index (χ3n) is 4.98. The van der Waals surface area contributed by atoms with Gasteiger partial charge < -0.3 is 14.7 Å². The molecule has 1 fully saturated rings. The summed E-state index contributed by atoms with van der Waals surface area (Å²) in [4.78, 5) is 12.9. The van der Waals surface area contributed by atoms with E-state index in [2.05, 4.69) is 30.3 Å². The highest BCUT2D eigenvalue weighted by atomic mass is 16.5. The Bertz CT molecular complexity index is 729. The predicted octanol–water partition coefficient (Wildman–Crippen LogP) is 3.83. The van der Waals surface area contributed by atoms with Crippen LogP contribution in [0.15, 0.2) is 48.5 Å². The van der Waals surface area contributed by atoms with Crippen molar-refractivity contribution in [2.45, 2.75) is 12.3 Å². The van der Waals surface area contributed by atoms with Gasteiger partial charge in [-0.2, -0.15) is 0 Å². The van der Waals surface area contributed by atoms with E-state index in [4.69, 9.17) is 4.74 Å². The summed E-state index contributed by atoms with van der Waals surface area (Å²) in [5.41, 5.74) is 3.38. The largest absolute Gasteiger partial charge is 0.493 e. The van der Waals surface area contributed by atoms with Crippen molar-refractivity contribution in [1.82, 2.24) is 4.90 Å². The number of ether oxygens (including phenoxy) is 1. The van der Waals surface area contributed by atoms with Crippen LogP contribution in [0.4, 0.5) is 4.79 Å². The Labute approximate surface area is 135 Å². The fourth-order valence-electron chi connectivity index (χ4n) is 3.84. The first-order valence-electron chi connectivity index (χ1n) is 8.03. The van der Waals surface area contributed by atoms with Crippen molar-refractivity contribution < 1.29 is 14.6 Å². The fraction of sp³-hybridized carbons (Fsp3) is 0.316. The van der Waals surface area contributed by atoms with Crippen LogP contribution in [0, 0.1) is 5.92 Å². The number of carboxylic acid groups (broad SMARTS) is 1. The number of para-hydroxylation sites is 1. The first-order chi connectivity index (χ1) is 11.2. The number of amides is 1. The Morgan fingerprint density at radius 2 is 1.91 bits per heavy atom. The summed E-state index contributed by atoms with van der Waals surface area (Å²) < 4.78 is 6.10. The minimum atomic E-state index is -0.820. The molecule has 23 heavy (non-hydrogen) atoms. The number of fused-ring (bicyclic) bond motifs is 3. The third kappa shape index (κ3) is 2.44. The number of carbonyl (C=O) groups is 1. The predicted molar refractivity (Wildman–Crippen MR) is 87.8 cm³/mol. The quantitative estimate of drug-likeness (QED) is 0.871. The van der Waals surface area contributed by atoms with Crippen LogP contribution in [0.5, 0.6) is 5.75 Å². The molecule has 2 aliphatic rings.